The van der Waals surface area contributed by atoms with Crippen LogP contribution in [0.1, 0.15) is 51.5 Å². The Morgan fingerprint density at radius 2 is 1.77 bits per heavy atom. The molecule has 8 heteroatoms. The van der Waals surface area contributed by atoms with Gasteiger partial charge in [-0.15, -0.1) is 24.0 Å². The second kappa shape index (κ2) is 15.4. The van der Waals surface area contributed by atoms with Gasteiger partial charge in [0, 0.05) is 39.4 Å². The SMILES string of the molecule is CCNC(=NCC1(CCOCC)CCCC1)NCCNC(=O)Cc1ccc(F)cc1.I. The van der Waals surface area contributed by atoms with Crippen LogP contribution in [-0.2, 0) is 16.0 Å². The number of benzene rings is 1. The first kappa shape index (κ1) is 27.6. The van der Waals surface area contributed by atoms with Crippen LogP contribution < -0.4 is 16.0 Å². The Morgan fingerprint density at radius 1 is 1.10 bits per heavy atom. The lowest BCUT2D eigenvalue weighted by Crippen LogP contribution is -2.42. The minimum atomic E-state index is -0.295. The molecule has 3 N–H and O–H groups in total. The summed E-state index contributed by atoms with van der Waals surface area (Å²) in [5.74, 6) is 0.412. The Balaban J connectivity index is 0.00000480. The van der Waals surface area contributed by atoms with Crippen molar-refractivity contribution in [2.75, 3.05) is 39.4 Å². The average molecular weight is 548 g/mol. The third-order valence-corrected chi connectivity index (χ3v) is 5.58. The van der Waals surface area contributed by atoms with Crippen LogP contribution in [0.5, 0.6) is 0 Å². The molecule has 0 heterocycles. The third kappa shape index (κ3) is 10.6. The van der Waals surface area contributed by atoms with Crippen molar-refractivity contribution < 1.29 is 13.9 Å². The summed E-state index contributed by atoms with van der Waals surface area (Å²) in [6.07, 6.45) is 6.27. The highest BCUT2D eigenvalue weighted by Crippen LogP contribution is 2.41. The first-order valence-electron chi connectivity index (χ1n) is 11.2. The summed E-state index contributed by atoms with van der Waals surface area (Å²) in [4.78, 5) is 16.9. The number of ether oxygens (including phenoxy) is 1. The first-order chi connectivity index (χ1) is 14.6. The fourth-order valence-corrected chi connectivity index (χ4v) is 3.87. The quantitative estimate of drug-likeness (QED) is 0.162. The number of guanidine groups is 1. The van der Waals surface area contributed by atoms with Gasteiger partial charge < -0.3 is 20.7 Å². The number of nitrogens with one attached hydrogen (secondary N) is 3. The lowest BCUT2D eigenvalue weighted by Gasteiger charge is -2.27. The molecule has 1 saturated carbocycles. The van der Waals surface area contributed by atoms with Crippen LogP contribution in [0.3, 0.4) is 0 Å². The highest BCUT2D eigenvalue weighted by Gasteiger charge is 2.33. The number of aliphatic imine (C=N–C) groups is 1. The molecule has 1 aliphatic carbocycles. The summed E-state index contributed by atoms with van der Waals surface area (Å²) in [6.45, 7) is 8.31. The number of hydrogen-bond donors (Lipinski definition) is 3. The van der Waals surface area contributed by atoms with Gasteiger partial charge in [0.05, 0.1) is 6.42 Å². The maximum absolute atomic E-state index is 12.9. The summed E-state index contributed by atoms with van der Waals surface area (Å²) in [7, 11) is 0. The molecule has 2 rings (SSSR count). The summed E-state index contributed by atoms with van der Waals surface area (Å²) in [5.41, 5.74) is 1.05. The molecule has 1 aromatic carbocycles. The molecule has 0 atom stereocenters. The van der Waals surface area contributed by atoms with Crippen molar-refractivity contribution in [1.29, 1.82) is 0 Å². The van der Waals surface area contributed by atoms with Crippen molar-refractivity contribution >= 4 is 35.8 Å². The number of carbonyl (C=O) groups is 1. The van der Waals surface area contributed by atoms with Gasteiger partial charge in [0.1, 0.15) is 5.82 Å². The third-order valence-electron chi connectivity index (χ3n) is 5.58. The van der Waals surface area contributed by atoms with Gasteiger partial charge in [-0.25, -0.2) is 4.39 Å². The van der Waals surface area contributed by atoms with Crippen LogP contribution >= 0.6 is 24.0 Å². The standard InChI is InChI=1S/C23H37FN4O2.HI/c1-3-25-22(28-18-23(11-5-6-12-23)13-16-30-4-2)27-15-14-26-21(29)17-19-7-9-20(24)10-8-19;/h7-10H,3-6,11-18H2,1-2H3,(H,26,29)(H2,25,27,28);1H. The van der Waals surface area contributed by atoms with E-state index in [1.807, 2.05) is 13.8 Å². The molecule has 1 amide bonds. The van der Waals surface area contributed by atoms with Crippen LogP contribution in [0.15, 0.2) is 29.3 Å². The highest BCUT2D eigenvalue weighted by molar-refractivity contribution is 14.0. The Bertz CT molecular complexity index is 664. The largest absolute Gasteiger partial charge is 0.382 e. The van der Waals surface area contributed by atoms with Crippen molar-refractivity contribution in [2.24, 2.45) is 10.4 Å². The topological polar surface area (TPSA) is 74.8 Å². The van der Waals surface area contributed by atoms with Gasteiger partial charge in [-0.2, -0.15) is 0 Å². The molecule has 1 fully saturated rings. The van der Waals surface area contributed by atoms with Gasteiger partial charge in [0.25, 0.3) is 0 Å². The van der Waals surface area contributed by atoms with Crippen LogP contribution in [0.2, 0.25) is 0 Å². The van der Waals surface area contributed by atoms with E-state index in [4.69, 9.17) is 9.73 Å². The molecule has 0 radical (unpaired) electrons. The maximum atomic E-state index is 12.9. The van der Waals surface area contributed by atoms with E-state index in [0.717, 1.165) is 44.2 Å². The molecule has 0 spiro atoms. The van der Waals surface area contributed by atoms with Gasteiger partial charge in [-0.05, 0) is 56.2 Å². The fourth-order valence-electron chi connectivity index (χ4n) is 3.87. The van der Waals surface area contributed by atoms with Crippen molar-refractivity contribution in [1.82, 2.24) is 16.0 Å². The van der Waals surface area contributed by atoms with Gasteiger partial charge >= 0.3 is 0 Å². The molecule has 1 aromatic rings. The number of rotatable bonds is 12. The van der Waals surface area contributed by atoms with Crippen LogP contribution in [0.4, 0.5) is 4.39 Å². The van der Waals surface area contributed by atoms with E-state index in [1.165, 1.54) is 37.8 Å². The number of nitrogens with zero attached hydrogens (tertiary/aromatic N) is 1. The zero-order valence-corrected chi connectivity index (χ0v) is 21.2. The molecular weight excluding hydrogens is 510 g/mol. The lowest BCUT2D eigenvalue weighted by atomic mass is 9.83. The fraction of sp³-hybridized carbons (Fsp3) is 0.652. The second-order valence-corrected chi connectivity index (χ2v) is 7.93. The summed E-state index contributed by atoms with van der Waals surface area (Å²) < 4.78 is 18.5. The van der Waals surface area contributed by atoms with E-state index >= 15 is 0 Å². The Kier molecular flexibility index (Phi) is 13.7. The predicted molar refractivity (Wildman–Crippen MR) is 135 cm³/mol. The summed E-state index contributed by atoms with van der Waals surface area (Å²) >= 11 is 0. The van der Waals surface area contributed by atoms with E-state index in [-0.39, 0.29) is 47.5 Å². The zero-order valence-electron chi connectivity index (χ0n) is 18.8. The number of halogens is 2. The van der Waals surface area contributed by atoms with Crippen molar-refractivity contribution in [3.05, 3.63) is 35.6 Å². The molecule has 176 valence electrons. The maximum Gasteiger partial charge on any atom is 0.224 e. The highest BCUT2D eigenvalue weighted by atomic mass is 127. The minimum absolute atomic E-state index is 0. The molecule has 0 bridgehead atoms. The van der Waals surface area contributed by atoms with Crippen molar-refractivity contribution in [2.45, 2.75) is 52.4 Å². The van der Waals surface area contributed by atoms with Crippen molar-refractivity contribution in [3.8, 4) is 0 Å². The number of amides is 1. The predicted octanol–water partition coefficient (Wildman–Crippen LogP) is 3.64. The number of hydrogen-bond acceptors (Lipinski definition) is 3. The Hall–Kier alpha value is -1.42. The minimum Gasteiger partial charge on any atom is -0.382 e. The molecule has 31 heavy (non-hydrogen) atoms. The van der Waals surface area contributed by atoms with Gasteiger partial charge in [0.2, 0.25) is 5.91 Å². The number of carbonyl (C=O) groups excluding carboxylic acids is 1. The van der Waals surface area contributed by atoms with Gasteiger partial charge in [-0.3, -0.25) is 9.79 Å². The molecule has 0 saturated heterocycles. The molecule has 0 unspecified atom stereocenters. The smallest absolute Gasteiger partial charge is 0.224 e. The molecule has 0 aliphatic heterocycles. The average Bonchev–Trinajstić information content (AvgIpc) is 3.20. The monoisotopic (exact) mass is 548 g/mol. The first-order valence-corrected chi connectivity index (χ1v) is 11.2. The van der Waals surface area contributed by atoms with Gasteiger partial charge in [0.15, 0.2) is 5.96 Å². The zero-order chi connectivity index (χ0) is 21.7. The summed E-state index contributed by atoms with van der Waals surface area (Å²) in [6, 6.07) is 6.00. The van der Waals surface area contributed by atoms with Gasteiger partial charge in [-0.1, -0.05) is 25.0 Å². The van der Waals surface area contributed by atoms with E-state index in [0.29, 0.717) is 13.1 Å². The molecule has 6 nitrogen and oxygen atoms in total. The second-order valence-electron chi connectivity index (χ2n) is 7.93. The van der Waals surface area contributed by atoms with Crippen LogP contribution in [0.25, 0.3) is 0 Å². The lowest BCUT2D eigenvalue weighted by molar-refractivity contribution is -0.120. The Morgan fingerprint density at radius 3 is 2.42 bits per heavy atom. The summed E-state index contributed by atoms with van der Waals surface area (Å²) in [5, 5.41) is 9.47. The molecule has 1 aliphatic rings. The Labute approximate surface area is 203 Å². The molecular formula is C23H38FIN4O2. The van der Waals surface area contributed by atoms with Crippen LogP contribution in [0, 0.1) is 11.2 Å². The molecule has 0 aromatic heterocycles. The van der Waals surface area contributed by atoms with Crippen LogP contribution in [-0.4, -0.2) is 51.3 Å². The normalized spacial score (nSPS) is 15.3. The van der Waals surface area contributed by atoms with Crippen molar-refractivity contribution in [3.63, 3.8) is 0 Å². The van der Waals surface area contributed by atoms with E-state index in [9.17, 15) is 9.18 Å². The van der Waals surface area contributed by atoms with E-state index in [2.05, 4.69) is 16.0 Å². The van der Waals surface area contributed by atoms with E-state index < -0.39 is 0 Å². The van der Waals surface area contributed by atoms with E-state index in [1.54, 1.807) is 12.1 Å².